The molecule has 1 heterocycles. The van der Waals surface area contributed by atoms with E-state index >= 15 is 0 Å². The van der Waals surface area contributed by atoms with Crippen LogP contribution in [0.5, 0.6) is 0 Å². The van der Waals surface area contributed by atoms with Gasteiger partial charge in [-0.25, -0.2) is 9.59 Å². The van der Waals surface area contributed by atoms with E-state index in [2.05, 4.69) is 10.6 Å². The molecule has 158 valence electrons. The molecule has 4 amide bonds. The van der Waals surface area contributed by atoms with Crippen LogP contribution < -0.4 is 10.6 Å². The Bertz CT molecular complexity index is 613. The van der Waals surface area contributed by atoms with Crippen LogP contribution in [-0.4, -0.2) is 78.6 Å². The van der Waals surface area contributed by atoms with Gasteiger partial charge in [0.2, 0.25) is 5.91 Å². The number of rotatable bonds is 8. The molecule has 1 aliphatic heterocycles. The fourth-order valence-electron chi connectivity index (χ4n) is 2.19. The number of likely N-dealkylation sites (N-methyl/N-ethyl adjacent to an activating group) is 2. The Kier molecular flexibility index (Phi) is 8.35. The molecule has 28 heavy (non-hydrogen) atoms. The van der Waals surface area contributed by atoms with E-state index in [1.807, 2.05) is 0 Å². The molecule has 1 unspecified atom stereocenters. The van der Waals surface area contributed by atoms with E-state index in [1.165, 1.54) is 19.0 Å². The zero-order chi connectivity index (χ0) is 21.5. The topological polar surface area (TPSA) is 134 Å². The molecule has 0 spiro atoms. The molecule has 1 rings (SSSR count). The summed E-state index contributed by atoms with van der Waals surface area (Å²) in [4.78, 5) is 64.9. The van der Waals surface area contributed by atoms with Crippen LogP contribution in [0.15, 0.2) is 0 Å². The molecule has 1 fully saturated rings. The third-order valence-corrected chi connectivity index (χ3v) is 3.69. The second-order valence-electron chi connectivity index (χ2n) is 7.28. The van der Waals surface area contributed by atoms with Crippen molar-refractivity contribution in [3.63, 3.8) is 0 Å². The number of nitrogens with zero attached hydrogens (tertiary/aromatic N) is 2. The first-order valence-corrected chi connectivity index (χ1v) is 8.90. The highest BCUT2D eigenvalue weighted by Gasteiger charge is 2.33. The zero-order valence-electron chi connectivity index (χ0n) is 16.9. The summed E-state index contributed by atoms with van der Waals surface area (Å²) in [6.45, 7) is 5.60. The van der Waals surface area contributed by atoms with Crippen molar-refractivity contribution in [1.82, 2.24) is 20.6 Å². The number of hydroxylamine groups is 2. The summed E-state index contributed by atoms with van der Waals surface area (Å²) >= 11 is 0. The van der Waals surface area contributed by atoms with Crippen molar-refractivity contribution in [2.45, 2.75) is 51.7 Å². The molecule has 11 nitrogen and oxygen atoms in total. The van der Waals surface area contributed by atoms with Crippen LogP contribution in [0.2, 0.25) is 0 Å². The maximum atomic E-state index is 12.2. The molecule has 11 heteroatoms. The minimum atomic E-state index is -0.924. The summed E-state index contributed by atoms with van der Waals surface area (Å²) in [6, 6.07) is -0.924. The number of imide groups is 1. The van der Waals surface area contributed by atoms with E-state index < -0.39 is 41.4 Å². The molecule has 0 aromatic heterocycles. The average molecular weight is 400 g/mol. The molecule has 2 N–H and O–H groups in total. The lowest BCUT2D eigenvalue weighted by Crippen LogP contribution is -2.47. The summed E-state index contributed by atoms with van der Waals surface area (Å²) in [5.74, 6) is -2.55. The molecule has 0 saturated carbocycles. The Balaban J connectivity index is 2.42. The summed E-state index contributed by atoms with van der Waals surface area (Å²) < 4.78 is 5.20. The van der Waals surface area contributed by atoms with Gasteiger partial charge in [-0.3, -0.25) is 14.4 Å². The second kappa shape index (κ2) is 10.0. The van der Waals surface area contributed by atoms with Crippen molar-refractivity contribution < 1.29 is 33.5 Å². The van der Waals surface area contributed by atoms with Crippen molar-refractivity contribution in [2.24, 2.45) is 0 Å². The van der Waals surface area contributed by atoms with E-state index in [0.717, 1.165) is 0 Å². The smallest absolute Gasteiger partial charge is 0.410 e. The lowest BCUT2D eigenvalue weighted by molar-refractivity contribution is -0.197. The van der Waals surface area contributed by atoms with Crippen LogP contribution in [0.25, 0.3) is 0 Å². The fourth-order valence-corrected chi connectivity index (χ4v) is 2.19. The van der Waals surface area contributed by atoms with Crippen molar-refractivity contribution in [1.29, 1.82) is 0 Å². The number of hydrogen-bond acceptors (Lipinski definition) is 8. The Morgan fingerprint density at radius 1 is 1.18 bits per heavy atom. The monoisotopic (exact) mass is 400 g/mol. The number of carbonyl (C=O) groups excluding carboxylic acids is 5. The first-order chi connectivity index (χ1) is 12.9. The maximum absolute atomic E-state index is 12.2. The van der Waals surface area contributed by atoms with Gasteiger partial charge in [-0.15, -0.1) is 5.06 Å². The van der Waals surface area contributed by atoms with Gasteiger partial charge in [0.1, 0.15) is 5.60 Å². The highest BCUT2D eigenvalue weighted by molar-refractivity contribution is 6.01. The number of nitrogens with one attached hydrogen (secondary N) is 2. The van der Waals surface area contributed by atoms with Crippen LogP contribution >= 0.6 is 0 Å². The molecule has 1 atom stereocenters. The quantitative estimate of drug-likeness (QED) is 0.524. The SMILES string of the molecule is CNC(CC(=O)ON1C(=O)CCC1=O)C(=O)NCCN(C)C(=O)OC(C)(C)C. The highest BCUT2D eigenvalue weighted by atomic mass is 16.7. The molecular formula is C17H28N4O7. The lowest BCUT2D eigenvalue weighted by Gasteiger charge is -2.25. The van der Waals surface area contributed by atoms with E-state index in [1.54, 1.807) is 20.8 Å². The molecule has 0 radical (unpaired) electrons. The molecule has 0 aliphatic carbocycles. The number of carbonyl (C=O) groups is 5. The number of hydrogen-bond donors (Lipinski definition) is 2. The maximum Gasteiger partial charge on any atom is 0.410 e. The van der Waals surface area contributed by atoms with Gasteiger partial charge in [0, 0.05) is 33.0 Å². The van der Waals surface area contributed by atoms with Gasteiger partial charge >= 0.3 is 12.1 Å². The summed E-state index contributed by atoms with van der Waals surface area (Å²) in [5.41, 5.74) is -0.621. The molecular weight excluding hydrogens is 372 g/mol. The minimum absolute atomic E-state index is 0.00672. The second-order valence-corrected chi connectivity index (χ2v) is 7.28. The predicted octanol–water partition coefficient (Wildman–Crippen LogP) is -0.445. The van der Waals surface area contributed by atoms with E-state index in [9.17, 15) is 24.0 Å². The highest BCUT2D eigenvalue weighted by Crippen LogP contribution is 2.13. The number of ether oxygens (including phenoxy) is 1. The molecule has 1 aliphatic rings. The van der Waals surface area contributed by atoms with Crippen molar-refractivity contribution in [3.05, 3.63) is 0 Å². The number of amides is 4. The lowest BCUT2D eigenvalue weighted by atomic mass is 10.2. The van der Waals surface area contributed by atoms with Crippen LogP contribution in [0.3, 0.4) is 0 Å². The minimum Gasteiger partial charge on any atom is -0.444 e. The Morgan fingerprint density at radius 3 is 2.25 bits per heavy atom. The first kappa shape index (κ1) is 23.3. The van der Waals surface area contributed by atoms with Crippen molar-refractivity contribution in [3.8, 4) is 0 Å². The van der Waals surface area contributed by atoms with Gasteiger partial charge in [0.05, 0.1) is 12.5 Å². The summed E-state index contributed by atoms with van der Waals surface area (Å²) in [5, 5.41) is 5.69. The van der Waals surface area contributed by atoms with Crippen LogP contribution in [-0.2, 0) is 28.8 Å². The average Bonchev–Trinajstić information content (AvgIpc) is 2.89. The van der Waals surface area contributed by atoms with Gasteiger partial charge in [0.15, 0.2) is 0 Å². The van der Waals surface area contributed by atoms with Gasteiger partial charge in [0.25, 0.3) is 11.8 Å². The van der Waals surface area contributed by atoms with E-state index in [4.69, 9.17) is 9.57 Å². The summed E-state index contributed by atoms with van der Waals surface area (Å²) in [7, 11) is 3.02. The van der Waals surface area contributed by atoms with Gasteiger partial charge in [-0.05, 0) is 27.8 Å². The Morgan fingerprint density at radius 2 is 1.75 bits per heavy atom. The molecule has 0 aromatic rings. The van der Waals surface area contributed by atoms with E-state index in [0.29, 0.717) is 5.06 Å². The van der Waals surface area contributed by atoms with Gasteiger partial charge in [-0.1, -0.05) is 0 Å². The predicted molar refractivity (Wildman–Crippen MR) is 96.5 cm³/mol. The van der Waals surface area contributed by atoms with Gasteiger partial charge in [-0.2, -0.15) is 0 Å². The van der Waals surface area contributed by atoms with Crippen molar-refractivity contribution >= 4 is 29.8 Å². The normalized spacial score (nSPS) is 15.2. The molecule has 0 bridgehead atoms. The zero-order valence-corrected chi connectivity index (χ0v) is 16.9. The van der Waals surface area contributed by atoms with Crippen LogP contribution in [0.4, 0.5) is 4.79 Å². The van der Waals surface area contributed by atoms with E-state index in [-0.39, 0.29) is 32.4 Å². The van der Waals surface area contributed by atoms with Crippen molar-refractivity contribution in [2.75, 3.05) is 27.2 Å². The standard InChI is InChI=1S/C17H28N4O7/c1-17(2,3)27-16(26)20(5)9-8-19-15(25)11(18-4)10-14(24)28-21-12(22)6-7-13(21)23/h11,18H,6-10H2,1-5H3,(H,19,25). The van der Waals surface area contributed by atoms with Crippen LogP contribution in [0.1, 0.15) is 40.0 Å². The third-order valence-electron chi connectivity index (χ3n) is 3.69. The Hall–Kier alpha value is -2.69. The summed E-state index contributed by atoms with van der Waals surface area (Å²) in [6.07, 6.45) is -0.905. The molecule has 1 saturated heterocycles. The molecule has 0 aromatic carbocycles. The first-order valence-electron chi connectivity index (χ1n) is 8.90. The Labute approximate surface area is 163 Å². The largest absolute Gasteiger partial charge is 0.444 e. The van der Waals surface area contributed by atoms with Crippen LogP contribution in [0, 0.1) is 0 Å². The fraction of sp³-hybridized carbons (Fsp3) is 0.706. The third kappa shape index (κ3) is 7.51. The van der Waals surface area contributed by atoms with Gasteiger partial charge < -0.3 is 25.1 Å².